The molecule has 5 nitrogen and oxygen atoms in total. The van der Waals surface area contributed by atoms with Crippen molar-refractivity contribution in [2.75, 3.05) is 6.61 Å². The summed E-state index contributed by atoms with van der Waals surface area (Å²) < 4.78 is 6.84. The fourth-order valence-corrected chi connectivity index (χ4v) is 1.65. The van der Waals surface area contributed by atoms with Crippen molar-refractivity contribution in [1.82, 2.24) is 9.78 Å². The summed E-state index contributed by atoms with van der Waals surface area (Å²) in [5.74, 6) is -0.680. The number of hydrogen-bond acceptors (Lipinski definition) is 3. The summed E-state index contributed by atoms with van der Waals surface area (Å²) in [7, 11) is 0. The minimum Gasteiger partial charge on any atom is -0.479 e. The van der Waals surface area contributed by atoms with E-state index in [9.17, 15) is 4.79 Å². The van der Waals surface area contributed by atoms with Gasteiger partial charge in [0.1, 0.15) is 0 Å². The Balaban J connectivity index is 2.27. The van der Waals surface area contributed by atoms with E-state index in [0.29, 0.717) is 5.88 Å². The van der Waals surface area contributed by atoms with Crippen LogP contribution in [0.3, 0.4) is 0 Å². The Kier molecular flexibility index (Phi) is 3.62. The van der Waals surface area contributed by atoms with Crippen molar-refractivity contribution < 1.29 is 14.6 Å². The van der Waals surface area contributed by atoms with Gasteiger partial charge in [-0.15, -0.1) is 5.10 Å². The van der Waals surface area contributed by atoms with Gasteiger partial charge in [-0.3, -0.25) is 0 Å². The fourth-order valence-electron chi connectivity index (χ4n) is 1.65. The minimum absolute atomic E-state index is 0.332. The molecule has 94 valence electrons. The third kappa shape index (κ3) is 2.68. The number of aliphatic carboxylic acids is 1. The van der Waals surface area contributed by atoms with Crippen molar-refractivity contribution >= 4 is 5.97 Å². The number of nitrogens with zero attached hydrogens (tertiary/aromatic N) is 2. The van der Waals surface area contributed by atoms with Crippen LogP contribution in [0.1, 0.15) is 12.6 Å². The quantitative estimate of drug-likeness (QED) is 0.875. The number of rotatable bonds is 5. The van der Waals surface area contributed by atoms with Crippen LogP contribution in [0.25, 0.3) is 5.69 Å². The maximum atomic E-state index is 10.4. The highest BCUT2D eigenvalue weighted by Crippen LogP contribution is 2.17. The molecule has 0 radical (unpaired) electrons. The summed E-state index contributed by atoms with van der Waals surface area (Å²) in [4.78, 5) is 10.4. The van der Waals surface area contributed by atoms with Gasteiger partial charge in [0.05, 0.1) is 5.69 Å². The van der Waals surface area contributed by atoms with E-state index >= 15 is 0 Å². The largest absolute Gasteiger partial charge is 0.479 e. The molecule has 0 aliphatic carbocycles. The van der Waals surface area contributed by atoms with Crippen LogP contribution in [-0.2, 0) is 11.2 Å². The van der Waals surface area contributed by atoms with Crippen molar-refractivity contribution in [2.24, 2.45) is 0 Å². The second kappa shape index (κ2) is 5.35. The predicted octanol–water partition coefficient (Wildman–Crippen LogP) is 1.90. The number of para-hydroxylation sites is 1. The first-order chi connectivity index (χ1) is 8.70. The normalized spacial score (nSPS) is 10.3. The van der Waals surface area contributed by atoms with Crippen LogP contribution >= 0.6 is 0 Å². The van der Waals surface area contributed by atoms with Crippen LogP contribution in [-0.4, -0.2) is 27.5 Å². The molecule has 0 atom stereocenters. The van der Waals surface area contributed by atoms with E-state index in [0.717, 1.165) is 17.8 Å². The van der Waals surface area contributed by atoms with E-state index < -0.39 is 5.97 Å². The number of carboxylic acids is 1. The average molecular weight is 246 g/mol. The van der Waals surface area contributed by atoms with Gasteiger partial charge in [-0.25, -0.2) is 9.48 Å². The van der Waals surface area contributed by atoms with Gasteiger partial charge in [-0.1, -0.05) is 25.1 Å². The van der Waals surface area contributed by atoms with Crippen LogP contribution in [0.5, 0.6) is 5.88 Å². The molecule has 5 heteroatoms. The van der Waals surface area contributed by atoms with Gasteiger partial charge in [0.2, 0.25) is 5.88 Å². The number of benzene rings is 1. The smallest absolute Gasteiger partial charge is 0.341 e. The zero-order valence-corrected chi connectivity index (χ0v) is 10.0. The van der Waals surface area contributed by atoms with E-state index in [-0.39, 0.29) is 6.61 Å². The monoisotopic (exact) mass is 246 g/mol. The Morgan fingerprint density at radius 2 is 2.11 bits per heavy atom. The van der Waals surface area contributed by atoms with Crippen molar-refractivity contribution in [1.29, 1.82) is 0 Å². The number of aryl methyl sites for hydroxylation is 1. The predicted molar refractivity (Wildman–Crippen MR) is 66.1 cm³/mol. The zero-order valence-electron chi connectivity index (χ0n) is 10.0. The summed E-state index contributed by atoms with van der Waals surface area (Å²) in [5.41, 5.74) is 1.90. The molecule has 0 saturated heterocycles. The first kappa shape index (κ1) is 12.2. The van der Waals surface area contributed by atoms with Crippen LogP contribution < -0.4 is 4.74 Å². The van der Waals surface area contributed by atoms with Gasteiger partial charge >= 0.3 is 5.97 Å². The number of carboxylic acid groups (broad SMARTS) is 1. The lowest BCUT2D eigenvalue weighted by Gasteiger charge is -2.04. The molecule has 0 aliphatic heterocycles. The molecule has 0 spiro atoms. The second-order valence-corrected chi connectivity index (χ2v) is 3.76. The highest BCUT2D eigenvalue weighted by Gasteiger charge is 2.09. The summed E-state index contributed by atoms with van der Waals surface area (Å²) in [6.07, 6.45) is 0.790. The highest BCUT2D eigenvalue weighted by molar-refractivity contribution is 5.68. The molecule has 2 rings (SSSR count). The van der Waals surface area contributed by atoms with Crippen LogP contribution in [0, 0.1) is 0 Å². The third-order valence-electron chi connectivity index (χ3n) is 2.47. The summed E-state index contributed by atoms with van der Waals surface area (Å²) in [5, 5.41) is 12.8. The lowest BCUT2D eigenvalue weighted by molar-refractivity contribution is -0.139. The Bertz CT molecular complexity index is 534. The maximum Gasteiger partial charge on any atom is 0.341 e. The molecular formula is C13H14N2O3. The SMILES string of the molecule is CCc1cc(OCC(=O)O)nn1-c1ccccc1. The highest BCUT2D eigenvalue weighted by atomic mass is 16.5. The first-order valence-corrected chi connectivity index (χ1v) is 5.69. The Hall–Kier alpha value is -2.30. The van der Waals surface area contributed by atoms with Gasteiger partial charge in [-0.2, -0.15) is 0 Å². The molecule has 1 heterocycles. The van der Waals surface area contributed by atoms with Crippen molar-refractivity contribution in [3.05, 3.63) is 42.1 Å². The standard InChI is InChI=1S/C13H14N2O3/c1-2-10-8-12(18-9-13(16)17)14-15(10)11-6-4-3-5-7-11/h3-8H,2,9H2,1H3,(H,16,17). The van der Waals surface area contributed by atoms with Crippen LogP contribution in [0.15, 0.2) is 36.4 Å². The lowest BCUT2D eigenvalue weighted by Crippen LogP contribution is -2.10. The number of hydrogen-bond donors (Lipinski definition) is 1. The fraction of sp³-hybridized carbons (Fsp3) is 0.231. The number of ether oxygens (including phenoxy) is 1. The molecule has 1 aromatic heterocycles. The molecule has 1 aromatic carbocycles. The molecule has 0 aliphatic rings. The van der Waals surface area contributed by atoms with E-state index in [4.69, 9.17) is 9.84 Å². The minimum atomic E-state index is -1.01. The number of carbonyl (C=O) groups is 1. The first-order valence-electron chi connectivity index (χ1n) is 5.69. The Morgan fingerprint density at radius 3 is 2.72 bits per heavy atom. The Labute approximate surface area is 105 Å². The molecule has 0 bridgehead atoms. The number of aromatic nitrogens is 2. The van der Waals surface area contributed by atoms with Crippen molar-refractivity contribution in [3.63, 3.8) is 0 Å². The molecule has 0 amide bonds. The summed E-state index contributed by atoms with van der Waals surface area (Å²) >= 11 is 0. The average Bonchev–Trinajstić information content (AvgIpc) is 2.80. The van der Waals surface area contributed by atoms with Gasteiger partial charge in [-0.05, 0) is 18.6 Å². The molecule has 0 unspecified atom stereocenters. The molecular weight excluding hydrogens is 232 g/mol. The van der Waals surface area contributed by atoms with Crippen LogP contribution in [0.2, 0.25) is 0 Å². The molecule has 0 fully saturated rings. The van der Waals surface area contributed by atoms with Gasteiger partial charge in [0.15, 0.2) is 6.61 Å². The summed E-state index contributed by atoms with van der Waals surface area (Å²) in [6.45, 7) is 1.63. The van der Waals surface area contributed by atoms with E-state index in [2.05, 4.69) is 5.10 Å². The topological polar surface area (TPSA) is 64.3 Å². The lowest BCUT2D eigenvalue weighted by atomic mass is 10.3. The van der Waals surface area contributed by atoms with Crippen molar-refractivity contribution in [2.45, 2.75) is 13.3 Å². The van der Waals surface area contributed by atoms with Gasteiger partial charge in [0.25, 0.3) is 0 Å². The van der Waals surface area contributed by atoms with E-state index in [1.54, 1.807) is 10.7 Å². The van der Waals surface area contributed by atoms with E-state index in [1.807, 2.05) is 37.3 Å². The van der Waals surface area contributed by atoms with Gasteiger partial charge < -0.3 is 9.84 Å². The molecule has 18 heavy (non-hydrogen) atoms. The van der Waals surface area contributed by atoms with Crippen LogP contribution in [0.4, 0.5) is 0 Å². The maximum absolute atomic E-state index is 10.4. The van der Waals surface area contributed by atoms with Crippen molar-refractivity contribution in [3.8, 4) is 11.6 Å². The van der Waals surface area contributed by atoms with Gasteiger partial charge in [0, 0.05) is 11.8 Å². The zero-order chi connectivity index (χ0) is 13.0. The summed E-state index contributed by atoms with van der Waals surface area (Å²) in [6, 6.07) is 11.4. The molecule has 2 aromatic rings. The third-order valence-corrected chi connectivity index (χ3v) is 2.47. The van der Waals surface area contributed by atoms with E-state index in [1.165, 1.54) is 0 Å². The second-order valence-electron chi connectivity index (χ2n) is 3.76. The molecule has 1 N–H and O–H groups in total. The Morgan fingerprint density at radius 1 is 1.39 bits per heavy atom. The molecule has 0 saturated carbocycles.